The zero-order chi connectivity index (χ0) is 19.6. The molecular weight excluding hydrogens is 336 g/mol. The summed E-state index contributed by atoms with van der Waals surface area (Å²) < 4.78 is 10.9. The highest BCUT2D eigenvalue weighted by molar-refractivity contribution is 5.92. The quantitative estimate of drug-likeness (QED) is 0.599. The number of carbonyl (C=O) groups is 3. The molecule has 26 heavy (non-hydrogen) atoms. The summed E-state index contributed by atoms with van der Waals surface area (Å²) in [7, 11) is 0. The number of hydrogen-bond acceptors (Lipinski definition) is 6. The number of hydrogen-bond donors (Lipinski definition) is 1. The summed E-state index contributed by atoms with van der Waals surface area (Å²) in [5.74, 6) is -2.37. The minimum Gasteiger partial charge on any atom is -0.458 e. The smallest absolute Gasteiger partial charge is 0.334 e. The molecule has 5 atom stereocenters. The standard InChI is InChI=1S/C20H26O6/c1-6-11(3)19(23)26-18-12(4)9-14(21)7-10(2)8-15-16(17(18)22)13(5)20(24)25-15/h6-7,12,15-18,22H,5,8-9H2,1-4H3/t12-,15-,16-,17-,18-/m1/s1. The van der Waals surface area contributed by atoms with E-state index in [-0.39, 0.29) is 17.8 Å². The summed E-state index contributed by atoms with van der Waals surface area (Å²) >= 11 is 0. The Morgan fingerprint density at radius 2 is 2.04 bits per heavy atom. The minimum absolute atomic E-state index is 0.118. The van der Waals surface area contributed by atoms with Crippen LogP contribution in [0, 0.1) is 11.8 Å². The van der Waals surface area contributed by atoms with Crippen LogP contribution in [0.2, 0.25) is 0 Å². The lowest BCUT2D eigenvalue weighted by molar-refractivity contribution is -0.159. The third-order valence-corrected chi connectivity index (χ3v) is 5.04. The van der Waals surface area contributed by atoms with Crippen LogP contribution >= 0.6 is 0 Å². The van der Waals surface area contributed by atoms with Crippen molar-refractivity contribution in [3.05, 3.63) is 35.5 Å². The largest absolute Gasteiger partial charge is 0.458 e. The molecule has 0 aromatic carbocycles. The first-order chi connectivity index (χ1) is 12.1. The van der Waals surface area contributed by atoms with E-state index in [4.69, 9.17) is 9.47 Å². The van der Waals surface area contributed by atoms with Gasteiger partial charge in [-0.05, 0) is 26.8 Å². The van der Waals surface area contributed by atoms with Crippen molar-refractivity contribution in [2.45, 2.75) is 58.8 Å². The van der Waals surface area contributed by atoms with E-state index in [1.54, 1.807) is 33.8 Å². The first-order valence-corrected chi connectivity index (χ1v) is 8.77. The van der Waals surface area contributed by atoms with Gasteiger partial charge in [-0.1, -0.05) is 25.2 Å². The highest BCUT2D eigenvalue weighted by Gasteiger charge is 2.48. The van der Waals surface area contributed by atoms with Gasteiger partial charge in [0, 0.05) is 29.9 Å². The Hall–Kier alpha value is -2.21. The van der Waals surface area contributed by atoms with Gasteiger partial charge in [0.05, 0.1) is 5.92 Å². The van der Waals surface area contributed by atoms with Crippen molar-refractivity contribution >= 4 is 17.7 Å². The average molecular weight is 362 g/mol. The summed E-state index contributed by atoms with van der Waals surface area (Å²) in [6.07, 6.45) is 0.800. The van der Waals surface area contributed by atoms with Crippen LogP contribution in [0.25, 0.3) is 0 Å². The second-order valence-electron chi connectivity index (χ2n) is 7.17. The van der Waals surface area contributed by atoms with Crippen LogP contribution in [0.4, 0.5) is 0 Å². The first-order valence-electron chi connectivity index (χ1n) is 8.77. The van der Waals surface area contributed by atoms with Crippen molar-refractivity contribution in [1.82, 2.24) is 0 Å². The molecule has 1 aliphatic heterocycles. The Balaban J connectivity index is 2.42. The number of rotatable bonds is 2. The number of carbonyl (C=O) groups excluding carboxylic acids is 3. The van der Waals surface area contributed by atoms with Crippen LogP contribution in [-0.4, -0.2) is 41.1 Å². The van der Waals surface area contributed by atoms with E-state index in [2.05, 4.69) is 6.58 Å². The maximum atomic E-state index is 12.2. The molecule has 1 fully saturated rings. The molecule has 0 bridgehead atoms. The molecule has 2 aliphatic rings. The highest BCUT2D eigenvalue weighted by atomic mass is 16.6. The predicted octanol–water partition coefficient (Wildman–Crippen LogP) is 2.27. The van der Waals surface area contributed by atoms with Gasteiger partial charge in [0.25, 0.3) is 0 Å². The second kappa shape index (κ2) is 7.99. The van der Waals surface area contributed by atoms with E-state index < -0.39 is 42.1 Å². The minimum atomic E-state index is -1.19. The molecule has 0 spiro atoms. The van der Waals surface area contributed by atoms with Gasteiger partial charge in [-0.15, -0.1) is 0 Å². The SMILES string of the molecule is C=C1C(=O)O[C@@H]2CC(C)=CC(=O)C[C@@H](C)[C@@H](OC(=O)C(C)=CC)[C@H](O)[C@H]12. The normalized spacial score (nSPS) is 33.3. The predicted molar refractivity (Wildman–Crippen MR) is 95.0 cm³/mol. The fourth-order valence-electron chi connectivity index (χ4n) is 3.45. The number of aliphatic hydroxyl groups is 1. The van der Waals surface area contributed by atoms with Crippen LogP contribution in [0.1, 0.15) is 40.5 Å². The zero-order valence-electron chi connectivity index (χ0n) is 15.7. The second-order valence-corrected chi connectivity index (χ2v) is 7.17. The molecule has 1 N–H and O–H groups in total. The molecule has 1 heterocycles. The first kappa shape index (κ1) is 20.1. The van der Waals surface area contributed by atoms with Gasteiger partial charge in [-0.3, -0.25) is 4.79 Å². The molecule has 0 aromatic rings. The lowest BCUT2D eigenvalue weighted by atomic mass is 9.80. The summed E-state index contributed by atoms with van der Waals surface area (Å²) in [4.78, 5) is 36.5. The average Bonchev–Trinajstić information content (AvgIpc) is 2.83. The molecule has 0 radical (unpaired) electrons. The summed E-state index contributed by atoms with van der Waals surface area (Å²) in [6, 6.07) is 0. The third-order valence-electron chi connectivity index (χ3n) is 5.04. The molecule has 6 heteroatoms. The molecule has 142 valence electrons. The Bertz CT molecular complexity index is 686. The number of ketones is 1. The summed E-state index contributed by atoms with van der Waals surface area (Å²) in [6.45, 7) is 10.6. The van der Waals surface area contributed by atoms with Gasteiger partial charge in [-0.2, -0.15) is 0 Å². The van der Waals surface area contributed by atoms with Gasteiger partial charge in [0.15, 0.2) is 5.78 Å². The maximum absolute atomic E-state index is 12.2. The Morgan fingerprint density at radius 1 is 1.38 bits per heavy atom. The van der Waals surface area contributed by atoms with Crippen LogP contribution in [0.15, 0.2) is 35.5 Å². The van der Waals surface area contributed by atoms with E-state index in [9.17, 15) is 19.5 Å². The third kappa shape index (κ3) is 4.12. The number of fused-ring (bicyclic) bond motifs is 1. The van der Waals surface area contributed by atoms with Crippen LogP contribution in [-0.2, 0) is 23.9 Å². The molecule has 0 amide bonds. The van der Waals surface area contributed by atoms with Crippen molar-refractivity contribution in [2.75, 3.05) is 0 Å². The molecule has 1 saturated heterocycles. The maximum Gasteiger partial charge on any atom is 0.334 e. The van der Waals surface area contributed by atoms with Gasteiger partial charge in [0.1, 0.15) is 18.3 Å². The Morgan fingerprint density at radius 3 is 2.65 bits per heavy atom. The zero-order valence-corrected chi connectivity index (χ0v) is 15.7. The fourth-order valence-corrected chi connectivity index (χ4v) is 3.45. The Labute approximate surface area is 153 Å². The van der Waals surface area contributed by atoms with Crippen molar-refractivity contribution in [3.8, 4) is 0 Å². The van der Waals surface area contributed by atoms with Crippen LogP contribution < -0.4 is 0 Å². The lowest BCUT2D eigenvalue weighted by Crippen LogP contribution is -2.45. The van der Waals surface area contributed by atoms with E-state index in [1.807, 2.05) is 0 Å². The number of aliphatic hydroxyl groups excluding tert-OH is 1. The van der Waals surface area contributed by atoms with Gasteiger partial charge in [-0.25, -0.2) is 9.59 Å². The van der Waals surface area contributed by atoms with Gasteiger partial charge >= 0.3 is 11.9 Å². The van der Waals surface area contributed by atoms with Crippen LogP contribution in [0.5, 0.6) is 0 Å². The van der Waals surface area contributed by atoms with E-state index >= 15 is 0 Å². The van der Waals surface area contributed by atoms with E-state index in [0.717, 1.165) is 5.57 Å². The molecule has 6 nitrogen and oxygen atoms in total. The summed E-state index contributed by atoms with van der Waals surface area (Å²) in [5.41, 5.74) is 1.34. The molecule has 1 aliphatic carbocycles. The topological polar surface area (TPSA) is 89.9 Å². The van der Waals surface area contributed by atoms with E-state index in [1.165, 1.54) is 6.08 Å². The van der Waals surface area contributed by atoms with Crippen molar-refractivity contribution < 1.29 is 29.0 Å². The molecule has 0 unspecified atom stereocenters. The Kier molecular flexibility index (Phi) is 6.18. The summed E-state index contributed by atoms with van der Waals surface area (Å²) in [5, 5.41) is 11.0. The molecule has 0 aromatic heterocycles. The number of ether oxygens (including phenoxy) is 2. The monoisotopic (exact) mass is 362 g/mol. The fraction of sp³-hybridized carbons (Fsp3) is 0.550. The number of esters is 2. The molecule has 2 rings (SSSR count). The van der Waals surface area contributed by atoms with Crippen molar-refractivity contribution in [1.29, 1.82) is 0 Å². The number of allylic oxidation sites excluding steroid dienone is 2. The lowest BCUT2D eigenvalue weighted by Gasteiger charge is -2.33. The molecular formula is C20H26O6. The van der Waals surface area contributed by atoms with Crippen molar-refractivity contribution in [3.63, 3.8) is 0 Å². The van der Waals surface area contributed by atoms with E-state index in [0.29, 0.717) is 12.0 Å². The molecule has 0 saturated carbocycles. The van der Waals surface area contributed by atoms with Gasteiger partial charge < -0.3 is 14.6 Å². The highest BCUT2D eigenvalue weighted by Crippen LogP contribution is 2.37. The van der Waals surface area contributed by atoms with Crippen molar-refractivity contribution in [2.24, 2.45) is 11.8 Å². The van der Waals surface area contributed by atoms with Crippen LogP contribution in [0.3, 0.4) is 0 Å². The van der Waals surface area contributed by atoms with Gasteiger partial charge in [0.2, 0.25) is 0 Å².